The number of anilines is 1. The van der Waals surface area contributed by atoms with E-state index in [1.807, 2.05) is 13.2 Å². The fourth-order valence-corrected chi connectivity index (χ4v) is 2.54. The molecule has 0 radical (unpaired) electrons. The van der Waals surface area contributed by atoms with Crippen LogP contribution in [0.25, 0.3) is 0 Å². The zero-order valence-electron chi connectivity index (χ0n) is 11.0. The summed E-state index contributed by atoms with van der Waals surface area (Å²) in [5.74, 6) is 1.02. The molecule has 2 heterocycles. The Morgan fingerprint density at radius 3 is 3.00 bits per heavy atom. The number of hydrogen-bond donors (Lipinski definition) is 1. The van der Waals surface area contributed by atoms with Crippen molar-refractivity contribution in [2.24, 2.45) is 0 Å². The van der Waals surface area contributed by atoms with Crippen LogP contribution in [0.15, 0.2) is 12.3 Å². The van der Waals surface area contributed by atoms with Gasteiger partial charge in [-0.2, -0.15) is 5.10 Å². The van der Waals surface area contributed by atoms with Crippen molar-refractivity contribution < 1.29 is 0 Å². The molecule has 2 atom stereocenters. The normalized spacial score (nSPS) is 22.5. The Morgan fingerprint density at radius 2 is 2.29 bits per heavy atom. The highest BCUT2D eigenvalue weighted by Crippen LogP contribution is 2.24. The van der Waals surface area contributed by atoms with Crippen molar-refractivity contribution in [2.75, 3.05) is 18.5 Å². The number of hydrogen-bond acceptors (Lipinski definition) is 4. The average Bonchev–Trinajstić information content (AvgIpc) is 2.38. The number of nitrogens with one attached hydrogen (secondary N) is 1. The third kappa shape index (κ3) is 2.75. The molecule has 1 aliphatic rings. The van der Waals surface area contributed by atoms with Gasteiger partial charge in [0.15, 0.2) is 5.82 Å². The lowest BCUT2D eigenvalue weighted by atomic mass is 9.96. The lowest BCUT2D eigenvalue weighted by Gasteiger charge is -2.39. The van der Waals surface area contributed by atoms with Crippen LogP contribution in [0.5, 0.6) is 0 Å². The molecule has 94 valence electrons. The number of rotatable bonds is 3. The van der Waals surface area contributed by atoms with Gasteiger partial charge in [0.1, 0.15) is 0 Å². The van der Waals surface area contributed by atoms with E-state index in [-0.39, 0.29) is 0 Å². The minimum atomic E-state index is 0.484. The minimum absolute atomic E-state index is 0.484. The maximum Gasteiger partial charge on any atom is 0.151 e. The summed E-state index contributed by atoms with van der Waals surface area (Å²) in [5, 5.41) is 11.7. The van der Waals surface area contributed by atoms with Gasteiger partial charge in [0.25, 0.3) is 0 Å². The molecule has 0 spiro atoms. The molecule has 1 aliphatic heterocycles. The fraction of sp³-hybridized carbons (Fsp3) is 0.692. The number of nitrogens with zero attached hydrogens (tertiary/aromatic N) is 3. The molecule has 1 aromatic heterocycles. The van der Waals surface area contributed by atoms with Crippen LogP contribution in [0, 0.1) is 6.92 Å². The summed E-state index contributed by atoms with van der Waals surface area (Å²) >= 11 is 0. The molecule has 0 aromatic carbocycles. The van der Waals surface area contributed by atoms with Crippen LogP contribution in [0.1, 0.15) is 31.7 Å². The average molecular weight is 234 g/mol. The van der Waals surface area contributed by atoms with E-state index in [0.717, 1.165) is 12.4 Å². The van der Waals surface area contributed by atoms with Gasteiger partial charge in [-0.1, -0.05) is 0 Å². The van der Waals surface area contributed by atoms with Crippen LogP contribution in [0.4, 0.5) is 5.82 Å². The van der Waals surface area contributed by atoms with Crippen molar-refractivity contribution in [1.29, 1.82) is 0 Å². The van der Waals surface area contributed by atoms with E-state index in [1.165, 1.54) is 24.8 Å². The van der Waals surface area contributed by atoms with Crippen molar-refractivity contribution >= 4 is 5.82 Å². The summed E-state index contributed by atoms with van der Waals surface area (Å²) in [4.78, 5) is 2.41. The van der Waals surface area contributed by atoms with Crippen LogP contribution in [0.3, 0.4) is 0 Å². The summed E-state index contributed by atoms with van der Waals surface area (Å²) < 4.78 is 0. The third-order valence-electron chi connectivity index (χ3n) is 3.65. The highest BCUT2D eigenvalue weighted by molar-refractivity contribution is 5.41. The van der Waals surface area contributed by atoms with Crippen molar-refractivity contribution in [3.8, 4) is 0 Å². The van der Waals surface area contributed by atoms with E-state index in [4.69, 9.17) is 0 Å². The van der Waals surface area contributed by atoms with E-state index in [1.54, 1.807) is 0 Å². The number of likely N-dealkylation sites (N-methyl/N-ethyl adjacent to an activating group) is 1. The Balaban J connectivity index is 2.21. The number of piperidine rings is 1. The molecule has 17 heavy (non-hydrogen) atoms. The summed E-state index contributed by atoms with van der Waals surface area (Å²) in [5.41, 5.74) is 1.18. The Bertz CT molecular complexity index is 366. The molecule has 4 nitrogen and oxygen atoms in total. The quantitative estimate of drug-likeness (QED) is 0.865. The van der Waals surface area contributed by atoms with Gasteiger partial charge in [-0.15, -0.1) is 5.10 Å². The first-order valence-electron chi connectivity index (χ1n) is 6.45. The molecule has 2 rings (SSSR count). The summed E-state index contributed by atoms with van der Waals surface area (Å²) in [6, 6.07) is 3.15. The molecular weight excluding hydrogens is 212 g/mol. The maximum atomic E-state index is 4.28. The Morgan fingerprint density at radius 1 is 1.47 bits per heavy atom. The van der Waals surface area contributed by atoms with Gasteiger partial charge in [-0.05, 0) is 51.8 Å². The molecule has 0 amide bonds. The Hall–Kier alpha value is -1.16. The van der Waals surface area contributed by atoms with Crippen LogP contribution >= 0.6 is 0 Å². The molecule has 1 fully saturated rings. The minimum Gasteiger partial charge on any atom is -0.351 e. The molecular formula is C13H22N4. The van der Waals surface area contributed by atoms with Gasteiger partial charge in [-0.25, -0.2) is 0 Å². The molecule has 0 aliphatic carbocycles. The van der Waals surface area contributed by atoms with Crippen LogP contribution < -0.4 is 10.2 Å². The van der Waals surface area contributed by atoms with Gasteiger partial charge < -0.3 is 10.2 Å². The summed E-state index contributed by atoms with van der Waals surface area (Å²) in [6.07, 6.45) is 5.61. The van der Waals surface area contributed by atoms with Crippen molar-refractivity contribution in [3.63, 3.8) is 0 Å². The van der Waals surface area contributed by atoms with E-state index >= 15 is 0 Å². The van der Waals surface area contributed by atoms with Crippen LogP contribution in [0.2, 0.25) is 0 Å². The molecule has 1 aromatic rings. The molecule has 4 heteroatoms. The van der Waals surface area contributed by atoms with Gasteiger partial charge >= 0.3 is 0 Å². The molecule has 2 unspecified atom stereocenters. The van der Waals surface area contributed by atoms with E-state index in [2.05, 4.69) is 40.3 Å². The van der Waals surface area contributed by atoms with Crippen molar-refractivity contribution in [3.05, 3.63) is 17.8 Å². The molecule has 0 bridgehead atoms. The Labute approximate surface area is 103 Å². The largest absolute Gasteiger partial charge is 0.351 e. The SMILES string of the molecule is CNC(C)C1CCCCN1c1cc(C)cnn1. The lowest BCUT2D eigenvalue weighted by molar-refractivity contribution is 0.379. The maximum absolute atomic E-state index is 4.28. The molecule has 0 saturated carbocycles. The van der Waals surface area contributed by atoms with Crippen molar-refractivity contribution in [1.82, 2.24) is 15.5 Å². The van der Waals surface area contributed by atoms with Gasteiger partial charge in [0.05, 0.1) is 6.20 Å². The monoisotopic (exact) mass is 234 g/mol. The highest BCUT2D eigenvalue weighted by atomic mass is 15.3. The second-order valence-electron chi connectivity index (χ2n) is 4.92. The number of aromatic nitrogens is 2. The van der Waals surface area contributed by atoms with E-state index in [0.29, 0.717) is 12.1 Å². The summed E-state index contributed by atoms with van der Waals surface area (Å²) in [7, 11) is 2.03. The number of aryl methyl sites for hydroxylation is 1. The standard InChI is InChI=1S/C13H22N4/c1-10-8-13(16-15-9-10)17-7-5-4-6-12(17)11(2)14-3/h8-9,11-12,14H,4-7H2,1-3H3. The molecule has 1 N–H and O–H groups in total. The van der Waals surface area contributed by atoms with Gasteiger partial charge in [-0.3, -0.25) is 0 Å². The second-order valence-corrected chi connectivity index (χ2v) is 4.92. The second kappa shape index (κ2) is 5.45. The van der Waals surface area contributed by atoms with E-state index in [9.17, 15) is 0 Å². The first-order valence-corrected chi connectivity index (χ1v) is 6.45. The topological polar surface area (TPSA) is 41.0 Å². The zero-order chi connectivity index (χ0) is 12.3. The highest BCUT2D eigenvalue weighted by Gasteiger charge is 2.27. The first-order chi connectivity index (χ1) is 8.22. The summed E-state index contributed by atoms with van der Waals surface area (Å²) in [6.45, 7) is 5.40. The van der Waals surface area contributed by atoms with Crippen LogP contribution in [-0.4, -0.2) is 35.9 Å². The van der Waals surface area contributed by atoms with Crippen molar-refractivity contribution in [2.45, 2.75) is 45.2 Å². The molecule has 1 saturated heterocycles. The zero-order valence-corrected chi connectivity index (χ0v) is 11.0. The first kappa shape index (κ1) is 12.3. The predicted octanol–water partition coefficient (Wildman–Crippen LogP) is 1.75. The van der Waals surface area contributed by atoms with Gasteiger partial charge in [0, 0.05) is 18.6 Å². The van der Waals surface area contributed by atoms with Gasteiger partial charge in [0.2, 0.25) is 0 Å². The van der Waals surface area contributed by atoms with E-state index < -0.39 is 0 Å². The fourth-order valence-electron chi connectivity index (χ4n) is 2.54. The Kier molecular flexibility index (Phi) is 3.94. The lowest BCUT2D eigenvalue weighted by Crippen LogP contribution is -2.50. The van der Waals surface area contributed by atoms with Crippen LogP contribution in [-0.2, 0) is 0 Å². The third-order valence-corrected chi connectivity index (χ3v) is 3.65. The predicted molar refractivity (Wildman–Crippen MR) is 70.3 cm³/mol. The smallest absolute Gasteiger partial charge is 0.151 e.